The zero-order valence-corrected chi connectivity index (χ0v) is 12.3. The Bertz CT molecular complexity index is 483. The van der Waals surface area contributed by atoms with Crippen molar-refractivity contribution in [2.75, 3.05) is 6.61 Å². The van der Waals surface area contributed by atoms with Crippen LogP contribution in [0.2, 0.25) is 0 Å². The van der Waals surface area contributed by atoms with Gasteiger partial charge in [0.25, 0.3) is 5.91 Å². The third kappa shape index (κ3) is 5.02. The van der Waals surface area contributed by atoms with Crippen molar-refractivity contribution in [1.29, 1.82) is 0 Å². The van der Waals surface area contributed by atoms with E-state index in [-0.39, 0.29) is 18.6 Å². The van der Waals surface area contributed by atoms with Gasteiger partial charge in [-0.2, -0.15) is 0 Å². The highest BCUT2D eigenvalue weighted by Crippen LogP contribution is 2.07. The van der Waals surface area contributed by atoms with Crippen molar-refractivity contribution in [3.05, 3.63) is 29.6 Å². The van der Waals surface area contributed by atoms with Crippen LogP contribution in [-0.2, 0) is 0 Å². The average Bonchev–Trinajstić information content (AvgIpc) is 2.45. The molecular formula is C16H22N2O2. The molecule has 1 rings (SSSR count). The van der Waals surface area contributed by atoms with Crippen LogP contribution in [0.1, 0.15) is 49.7 Å². The van der Waals surface area contributed by atoms with Crippen LogP contribution >= 0.6 is 0 Å². The molecule has 108 valence electrons. The highest BCUT2D eigenvalue weighted by atomic mass is 16.2. The van der Waals surface area contributed by atoms with Crippen LogP contribution in [-0.4, -0.2) is 28.6 Å². The first kappa shape index (κ1) is 16.2. The molecule has 1 aromatic rings. The highest BCUT2D eigenvalue weighted by molar-refractivity contribution is 5.92. The standard InChI is InChI=1S/C16H22N2O2/c1-4-14(12(2)3)18-16(20)15-9-8-13(11-17-15)7-5-6-10-19/h8-9,11-12,14,19H,4,6,10H2,1-3H3,(H,18,20). The summed E-state index contributed by atoms with van der Waals surface area (Å²) < 4.78 is 0. The van der Waals surface area contributed by atoms with Crippen molar-refractivity contribution in [2.45, 2.75) is 39.7 Å². The minimum atomic E-state index is -0.152. The molecule has 1 atom stereocenters. The molecule has 1 amide bonds. The van der Waals surface area contributed by atoms with E-state index in [1.165, 1.54) is 0 Å². The molecule has 4 heteroatoms. The number of nitrogens with zero attached hydrogens (tertiary/aromatic N) is 1. The maximum absolute atomic E-state index is 12.0. The van der Waals surface area contributed by atoms with E-state index in [4.69, 9.17) is 5.11 Å². The van der Waals surface area contributed by atoms with Crippen LogP contribution in [0.15, 0.2) is 18.3 Å². The Morgan fingerprint density at radius 3 is 2.70 bits per heavy atom. The van der Waals surface area contributed by atoms with Crippen LogP contribution in [0.5, 0.6) is 0 Å². The number of aromatic nitrogens is 1. The van der Waals surface area contributed by atoms with Gasteiger partial charge in [0.15, 0.2) is 0 Å². The fraction of sp³-hybridized carbons (Fsp3) is 0.500. The predicted molar refractivity (Wildman–Crippen MR) is 79.2 cm³/mol. The molecule has 0 aliphatic heterocycles. The van der Waals surface area contributed by atoms with Gasteiger partial charge in [-0.25, -0.2) is 4.98 Å². The van der Waals surface area contributed by atoms with Crippen LogP contribution in [0.4, 0.5) is 0 Å². The number of carbonyl (C=O) groups is 1. The van der Waals surface area contributed by atoms with Crippen molar-refractivity contribution in [3.8, 4) is 11.8 Å². The zero-order chi connectivity index (χ0) is 15.0. The van der Waals surface area contributed by atoms with Crippen molar-refractivity contribution >= 4 is 5.91 Å². The lowest BCUT2D eigenvalue weighted by Gasteiger charge is -2.20. The molecule has 0 saturated heterocycles. The number of nitrogens with one attached hydrogen (secondary N) is 1. The summed E-state index contributed by atoms with van der Waals surface area (Å²) in [4.78, 5) is 16.2. The number of aliphatic hydroxyl groups is 1. The smallest absolute Gasteiger partial charge is 0.270 e. The van der Waals surface area contributed by atoms with Crippen molar-refractivity contribution in [2.24, 2.45) is 5.92 Å². The lowest BCUT2D eigenvalue weighted by atomic mass is 10.0. The SMILES string of the molecule is CCC(NC(=O)c1ccc(C#CCCO)cn1)C(C)C. The fourth-order valence-corrected chi connectivity index (χ4v) is 1.81. The largest absolute Gasteiger partial charge is 0.395 e. The number of carbonyl (C=O) groups excluding carboxylic acids is 1. The van der Waals surface area contributed by atoms with E-state index in [1.807, 2.05) is 0 Å². The second-order valence-electron chi connectivity index (χ2n) is 4.94. The number of pyridine rings is 1. The first-order valence-corrected chi connectivity index (χ1v) is 6.95. The summed E-state index contributed by atoms with van der Waals surface area (Å²) in [5.74, 6) is 5.94. The van der Waals surface area contributed by atoms with Gasteiger partial charge in [-0.3, -0.25) is 4.79 Å². The summed E-state index contributed by atoms with van der Waals surface area (Å²) in [6, 6.07) is 3.60. The Balaban J connectivity index is 2.69. The van der Waals surface area contributed by atoms with E-state index >= 15 is 0 Å². The summed E-state index contributed by atoms with van der Waals surface area (Å²) in [6.45, 7) is 6.27. The second kappa shape index (κ2) is 8.34. The summed E-state index contributed by atoms with van der Waals surface area (Å²) in [7, 11) is 0. The minimum Gasteiger partial charge on any atom is -0.395 e. The van der Waals surface area contributed by atoms with Gasteiger partial charge in [0.1, 0.15) is 5.69 Å². The lowest BCUT2D eigenvalue weighted by Crippen LogP contribution is -2.38. The third-order valence-electron chi connectivity index (χ3n) is 3.03. The monoisotopic (exact) mass is 274 g/mol. The molecule has 1 aromatic heterocycles. The van der Waals surface area contributed by atoms with E-state index in [9.17, 15) is 4.79 Å². The third-order valence-corrected chi connectivity index (χ3v) is 3.03. The van der Waals surface area contributed by atoms with E-state index in [2.05, 4.69) is 42.9 Å². The van der Waals surface area contributed by atoms with Crippen LogP contribution in [0, 0.1) is 17.8 Å². The molecule has 0 bridgehead atoms. The van der Waals surface area contributed by atoms with E-state index in [1.54, 1.807) is 18.3 Å². The Morgan fingerprint density at radius 2 is 2.20 bits per heavy atom. The molecule has 20 heavy (non-hydrogen) atoms. The maximum Gasteiger partial charge on any atom is 0.270 e. The topological polar surface area (TPSA) is 62.2 Å². The summed E-state index contributed by atoms with van der Waals surface area (Å²) in [5.41, 5.74) is 1.14. The van der Waals surface area contributed by atoms with Crippen molar-refractivity contribution < 1.29 is 9.90 Å². The van der Waals surface area contributed by atoms with Gasteiger partial charge in [0.05, 0.1) is 6.61 Å². The Morgan fingerprint density at radius 1 is 1.45 bits per heavy atom. The predicted octanol–water partition coefficient (Wildman–Crippen LogP) is 1.98. The van der Waals surface area contributed by atoms with E-state index in [0.717, 1.165) is 12.0 Å². The number of aliphatic hydroxyl groups excluding tert-OH is 1. The van der Waals surface area contributed by atoms with Gasteiger partial charge in [-0.1, -0.05) is 32.6 Å². The van der Waals surface area contributed by atoms with E-state index < -0.39 is 0 Å². The number of hydrogen-bond acceptors (Lipinski definition) is 3. The van der Waals surface area contributed by atoms with Gasteiger partial charge in [-0.05, 0) is 24.5 Å². The van der Waals surface area contributed by atoms with Gasteiger partial charge in [0.2, 0.25) is 0 Å². The Hall–Kier alpha value is -1.86. The summed E-state index contributed by atoms with van der Waals surface area (Å²) >= 11 is 0. The molecule has 0 aliphatic carbocycles. The maximum atomic E-state index is 12.0. The molecule has 0 aromatic carbocycles. The second-order valence-corrected chi connectivity index (χ2v) is 4.94. The quantitative estimate of drug-likeness (QED) is 0.807. The molecular weight excluding hydrogens is 252 g/mol. The van der Waals surface area contributed by atoms with Crippen LogP contribution < -0.4 is 5.32 Å². The summed E-state index contributed by atoms with van der Waals surface area (Å²) in [5, 5.41) is 11.6. The van der Waals surface area contributed by atoms with Gasteiger partial charge in [-0.15, -0.1) is 0 Å². The normalized spacial score (nSPS) is 11.7. The van der Waals surface area contributed by atoms with Gasteiger partial charge >= 0.3 is 0 Å². The molecule has 4 nitrogen and oxygen atoms in total. The van der Waals surface area contributed by atoms with Gasteiger partial charge < -0.3 is 10.4 Å². The molecule has 1 heterocycles. The molecule has 2 N–H and O–H groups in total. The lowest BCUT2D eigenvalue weighted by molar-refractivity contribution is 0.0919. The first-order valence-electron chi connectivity index (χ1n) is 6.95. The van der Waals surface area contributed by atoms with E-state index in [0.29, 0.717) is 18.0 Å². The Labute approximate surface area is 120 Å². The fourth-order valence-electron chi connectivity index (χ4n) is 1.81. The molecule has 1 unspecified atom stereocenters. The molecule has 0 radical (unpaired) electrons. The molecule has 0 fully saturated rings. The summed E-state index contributed by atoms with van der Waals surface area (Å²) in [6.07, 6.45) is 2.92. The number of rotatable bonds is 5. The zero-order valence-electron chi connectivity index (χ0n) is 12.3. The highest BCUT2D eigenvalue weighted by Gasteiger charge is 2.15. The number of amides is 1. The molecule has 0 spiro atoms. The molecule has 0 aliphatic rings. The van der Waals surface area contributed by atoms with Gasteiger partial charge in [0, 0.05) is 24.2 Å². The first-order chi connectivity index (χ1) is 9.58. The van der Waals surface area contributed by atoms with Crippen LogP contribution in [0.3, 0.4) is 0 Å². The number of hydrogen-bond donors (Lipinski definition) is 2. The van der Waals surface area contributed by atoms with Crippen molar-refractivity contribution in [1.82, 2.24) is 10.3 Å². The van der Waals surface area contributed by atoms with Crippen LogP contribution in [0.25, 0.3) is 0 Å². The van der Waals surface area contributed by atoms with Crippen molar-refractivity contribution in [3.63, 3.8) is 0 Å². The minimum absolute atomic E-state index is 0.0501. The molecule has 0 saturated carbocycles. The average molecular weight is 274 g/mol. The Kier molecular flexibility index (Phi) is 6.75.